The lowest BCUT2D eigenvalue weighted by molar-refractivity contribution is 0.0943. The first kappa shape index (κ1) is 20.2. The van der Waals surface area contributed by atoms with Crippen LogP contribution in [0.5, 0.6) is 0 Å². The lowest BCUT2D eigenvalue weighted by Gasteiger charge is -2.27. The number of sulfonamides is 1. The summed E-state index contributed by atoms with van der Waals surface area (Å²) in [6.07, 6.45) is 0. The van der Waals surface area contributed by atoms with Gasteiger partial charge < -0.3 is 10.6 Å². The fraction of sp³-hybridized carbons (Fsp3) is 0.278. The van der Waals surface area contributed by atoms with Crippen molar-refractivity contribution in [3.63, 3.8) is 0 Å². The fourth-order valence-electron chi connectivity index (χ4n) is 2.52. The second-order valence-corrected chi connectivity index (χ2v) is 7.88. The van der Waals surface area contributed by atoms with Crippen molar-refractivity contribution in [2.75, 3.05) is 24.4 Å². The van der Waals surface area contributed by atoms with Gasteiger partial charge in [-0.25, -0.2) is 8.42 Å². The van der Waals surface area contributed by atoms with Gasteiger partial charge in [-0.15, -0.1) is 12.4 Å². The van der Waals surface area contributed by atoms with Crippen LogP contribution in [-0.2, 0) is 10.0 Å². The molecule has 0 atom stereocenters. The summed E-state index contributed by atoms with van der Waals surface area (Å²) in [5.41, 5.74) is 1.56. The van der Waals surface area contributed by atoms with Crippen molar-refractivity contribution in [3.8, 4) is 0 Å². The lowest BCUT2D eigenvalue weighted by Crippen LogP contribution is -2.48. The minimum absolute atomic E-state index is 0. The zero-order chi connectivity index (χ0) is 17.9. The van der Waals surface area contributed by atoms with Crippen LogP contribution < -0.4 is 15.4 Å². The topological polar surface area (TPSA) is 87.3 Å². The lowest BCUT2D eigenvalue weighted by atomic mass is 10.0. The molecule has 140 valence electrons. The third-order valence-electron chi connectivity index (χ3n) is 4.16. The van der Waals surface area contributed by atoms with Gasteiger partial charge in [0.1, 0.15) is 0 Å². The van der Waals surface area contributed by atoms with Gasteiger partial charge in [-0.1, -0.05) is 29.8 Å². The molecule has 0 saturated carbocycles. The van der Waals surface area contributed by atoms with Gasteiger partial charge in [-0.05, 0) is 31.2 Å². The Morgan fingerprint density at radius 3 is 2.38 bits per heavy atom. The molecule has 1 fully saturated rings. The summed E-state index contributed by atoms with van der Waals surface area (Å²) < 4.78 is 27.6. The Balaban J connectivity index is 0.00000243. The average Bonchev–Trinajstić information content (AvgIpc) is 2.54. The standard InChI is InChI=1S/C18H21N3O3S.ClH/c1-13-6-8-15(9-7-13)25(23,24)21-17-5-3-2-4-16(17)18(22)20-12-14-10-19-11-14;/h2-9,14,19,21H,10-12H2,1H3,(H,20,22);1H. The highest BCUT2D eigenvalue weighted by Crippen LogP contribution is 2.20. The molecule has 26 heavy (non-hydrogen) atoms. The van der Waals surface area contributed by atoms with E-state index < -0.39 is 10.0 Å². The monoisotopic (exact) mass is 395 g/mol. The first-order valence-electron chi connectivity index (χ1n) is 8.13. The van der Waals surface area contributed by atoms with Gasteiger partial charge in [0.15, 0.2) is 0 Å². The molecule has 3 N–H and O–H groups in total. The van der Waals surface area contributed by atoms with Gasteiger partial charge in [0.2, 0.25) is 0 Å². The molecule has 6 nitrogen and oxygen atoms in total. The summed E-state index contributed by atoms with van der Waals surface area (Å²) in [4.78, 5) is 12.6. The van der Waals surface area contributed by atoms with Crippen LogP contribution in [0.3, 0.4) is 0 Å². The van der Waals surface area contributed by atoms with Crippen molar-refractivity contribution in [2.45, 2.75) is 11.8 Å². The van der Waals surface area contributed by atoms with Gasteiger partial charge in [-0.3, -0.25) is 9.52 Å². The highest BCUT2D eigenvalue weighted by molar-refractivity contribution is 7.92. The Labute approximate surface area is 159 Å². The number of hydrogen-bond acceptors (Lipinski definition) is 4. The van der Waals surface area contributed by atoms with E-state index in [1.165, 1.54) is 0 Å². The second kappa shape index (κ2) is 8.53. The van der Waals surface area contributed by atoms with E-state index in [0.29, 0.717) is 18.0 Å². The molecule has 1 saturated heterocycles. The minimum atomic E-state index is -3.75. The first-order valence-corrected chi connectivity index (χ1v) is 9.61. The number of halogens is 1. The number of hydrogen-bond donors (Lipinski definition) is 3. The molecule has 1 heterocycles. The molecular weight excluding hydrogens is 374 g/mol. The average molecular weight is 396 g/mol. The number of aryl methyl sites for hydroxylation is 1. The Bertz CT molecular complexity index is 866. The normalized spacial score (nSPS) is 14.0. The van der Waals surface area contributed by atoms with Crippen molar-refractivity contribution >= 4 is 34.0 Å². The molecule has 2 aromatic rings. The predicted molar refractivity (Wildman–Crippen MR) is 104 cm³/mol. The molecular formula is C18H22ClN3O3S. The highest BCUT2D eigenvalue weighted by Gasteiger charge is 2.21. The number of benzene rings is 2. The van der Waals surface area contributed by atoms with Gasteiger partial charge >= 0.3 is 0 Å². The summed E-state index contributed by atoms with van der Waals surface area (Å²) in [7, 11) is -3.75. The van der Waals surface area contributed by atoms with Crippen molar-refractivity contribution < 1.29 is 13.2 Å². The molecule has 3 rings (SSSR count). The largest absolute Gasteiger partial charge is 0.352 e. The van der Waals surface area contributed by atoms with Crippen LogP contribution in [-0.4, -0.2) is 34.0 Å². The van der Waals surface area contributed by atoms with Crippen molar-refractivity contribution in [1.82, 2.24) is 10.6 Å². The van der Waals surface area contributed by atoms with Gasteiger partial charge in [0.25, 0.3) is 15.9 Å². The molecule has 0 aromatic heterocycles. The van der Waals surface area contributed by atoms with Gasteiger partial charge in [0, 0.05) is 25.6 Å². The van der Waals surface area contributed by atoms with Crippen LogP contribution in [0.15, 0.2) is 53.4 Å². The molecule has 1 aliphatic rings. The van der Waals surface area contributed by atoms with Crippen molar-refractivity contribution in [3.05, 3.63) is 59.7 Å². The summed E-state index contributed by atoms with van der Waals surface area (Å²) >= 11 is 0. The molecule has 1 amide bonds. The molecule has 0 bridgehead atoms. The fourth-order valence-corrected chi connectivity index (χ4v) is 3.60. The number of carbonyl (C=O) groups excluding carboxylic acids is 1. The molecule has 0 spiro atoms. The maximum atomic E-state index is 12.6. The zero-order valence-corrected chi connectivity index (χ0v) is 16.0. The SMILES string of the molecule is Cc1ccc(S(=O)(=O)Nc2ccccc2C(=O)NCC2CNC2)cc1.Cl. The number of anilines is 1. The van der Waals surface area contributed by atoms with Crippen LogP contribution in [0, 0.1) is 12.8 Å². The van der Waals surface area contributed by atoms with E-state index in [1.807, 2.05) is 6.92 Å². The van der Waals surface area contributed by atoms with Crippen molar-refractivity contribution in [1.29, 1.82) is 0 Å². The summed E-state index contributed by atoms with van der Waals surface area (Å²) in [6.45, 7) is 4.25. The van der Waals surface area contributed by atoms with E-state index in [0.717, 1.165) is 18.7 Å². The number of amides is 1. The van der Waals surface area contributed by atoms with Gasteiger partial charge in [0.05, 0.1) is 16.1 Å². The summed E-state index contributed by atoms with van der Waals surface area (Å²) in [5.74, 6) is 0.148. The Morgan fingerprint density at radius 2 is 1.77 bits per heavy atom. The van der Waals surface area contributed by atoms with E-state index in [9.17, 15) is 13.2 Å². The van der Waals surface area contributed by atoms with E-state index in [2.05, 4.69) is 15.4 Å². The number of rotatable bonds is 6. The third-order valence-corrected chi connectivity index (χ3v) is 5.55. The van der Waals surface area contributed by atoms with Crippen LogP contribution in [0.4, 0.5) is 5.69 Å². The van der Waals surface area contributed by atoms with Crippen molar-refractivity contribution in [2.24, 2.45) is 5.92 Å². The van der Waals surface area contributed by atoms with Crippen LogP contribution in [0.2, 0.25) is 0 Å². The van der Waals surface area contributed by atoms with E-state index >= 15 is 0 Å². The predicted octanol–water partition coefficient (Wildman–Crippen LogP) is 2.17. The first-order chi connectivity index (χ1) is 12.0. The smallest absolute Gasteiger partial charge is 0.261 e. The maximum Gasteiger partial charge on any atom is 0.261 e. The van der Waals surface area contributed by atoms with E-state index in [1.54, 1.807) is 48.5 Å². The Morgan fingerprint density at radius 1 is 1.12 bits per heavy atom. The van der Waals surface area contributed by atoms with E-state index in [4.69, 9.17) is 0 Å². The summed E-state index contributed by atoms with van der Waals surface area (Å²) in [5, 5.41) is 6.01. The summed E-state index contributed by atoms with van der Waals surface area (Å²) in [6, 6.07) is 13.2. The molecule has 0 radical (unpaired) electrons. The van der Waals surface area contributed by atoms with Crippen LogP contribution in [0.1, 0.15) is 15.9 Å². The quantitative estimate of drug-likeness (QED) is 0.699. The molecule has 0 aliphatic carbocycles. The van der Waals surface area contributed by atoms with E-state index in [-0.39, 0.29) is 28.9 Å². The Hall–Kier alpha value is -2.09. The number of carbonyl (C=O) groups is 1. The number of para-hydroxylation sites is 1. The molecule has 1 aliphatic heterocycles. The molecule has 0 unspecified atom stereocenters. The van der Waals surface area contributed by atoms with Crippen LogP contribution >= 0.6 is 12.4 Å². The third kappa shape index (κ3) is 4.75. The second-order valence-electron chi connectivity index (χ2n) is 6.20. The molecule has 8 heteroatoms. The van der Waals surface area contributed by atoms with Crippen LogP contribution in [0.25, 0.3) is 0 Å². The number of nitrogens with one attached hydrogen (secondary N) is 3. The maximum absolute atomic E-state index is 12.6. The van der Waals surface area contributed by atoms with Gasteiger partial charge in [-0.2, -0.15) is 0 Å². The molecule has 2 aromatic carbocycles. The minimum Gasteiger partial charge on any atom is -0.352 e. The zero-order valence-electron chi connectivity index (χ0n) is 14.4. The Kier molecular flexibility index (Phi) is 6.63. The highest BCUT2D eigenvalue weighted by atomic mass is 35.5.